The van der Waals surface area contributed by atoms with E-state index in [4.69, 9.17) is 0 Å². The van der Waals surface area contributed by atoms with Crippen molar-refractivity contribution in [1.29, 1.82) is 0 Å². The van der Waals surface area contributed by atoms with E-state index in [2.05, 4.69) is 20.4 Å². The van der Waals surface area contributed by atoms with Gasteiger partial charge in [-0.25, -0.2) is 9.67 Å². The number of fused-ring (bicyclic) bond motifs is 1. The van der Waals surface area contributed by atoms with Crippen molar-refractivity contribution >= 4 is 16.9 Å². The van der Waals surface area contributed by atoms with Gasteiger partial charge >= 0.3 is 0 Å². The number of hydrogen-bond donors (Lipinski definition) is 2. The molecular formula is C21H23N5O2. The number of benzene rings is 1. The van der Waals surface area contributed by atoms with Crippen LogP contribution in [0, 0.1) is 0 Å². The minimum absolute atomic E-state index is 0.0234. The third-order valence-electron chi connectivity index (χ3n) is 5.90. The first-order valence-electron chi connectivity index (χ1n) is 10.0. The predicted molar refractivity (Wildman–Crippen MR) is 105 cm³/mol. The molecule has 5 rings (SSSR count). The number of rotatable bonds is 4. The van der Waals surface area contributed by atoms with E-state index in [9.17, 15) is 9.59 Å². The second-order valence-electron chi connectivity index (χ2n) is 7.93. The fraction of sp³-hybridized carbons (Fsp3) is 0.429. The number of aromatic amines is 1. The van der Waals surface area contributed by atoms with Gasteiger partial charge in [0.2, 0.25) is 0 Å². The first-order valence-corrected chi connectivity index (χ1v) is 10.0. The van der Waals surface area contributed by atoms with E-state index in [1.807, 2.05) is 18.2 Å². The molecule has 1 aromatic carbocycles. The van der Waals surface area contributed by atoms with Crippen molar-refractivity contribution in [1.82, 2.24) is 25.1 Å². The molecule has 3 aromatic rings. The SMILES string of the molecule is O=C(NC1CCC(n2nc(C3CC3)ccc2=O)CC1)c1ccc2nc[nH]c2c1. The second-order valence-corrected chi connectivity index (χ2v) is 7.93. The Hall–Kier alpha value is -2.96. The maximum absolute atomic E-state index is 12.6. The summed E-state index contributed by atoms with van der Waals surface area (Å²) in [6.45, 7) is 0. The van der Waals surface area contributed by atoms with Crippen LogP contribution < -0.4 is 10.9 Å². The van der Waals surface area contributed by atoms with Gasteiger partial charge in [-0.2, -0.15) is 5.10 Å². The lowest BCUT2D eigenvalue weighted by molar-refractivity contribution is 0.0921. The summed E-state index contributed by atoms with van der Waals surface area (Å²) in [6, 6.07) is 9.26. The molecule has 1 amide bonds. The number of aromatic nitrogens is 4. The Kier molecular flexibility index (Phi) is 4.22. The predicted octanol–water partition coefficient (Wildman–Crippen LogP) is 2.91. The van der Waals surface area contributed by atoms with Crippen molar-refractivity contribution in [3.8, 4) is 0 Å². The molecule has 0 spiro atoms. The van der Waals surface area contributed by atoms with E-state index in [1.165, 1.54) is 12.8 Å². The van der Waals surface area contributed by atoms with E-state index in [0.29, 0.717) is 11.5 Å². The summed E-state index contributed by atoms with van der Waals surface area (Å²) in [6.07, 6.45) is 7.39. The molecule has 2 fully saturated rings. The quantitative estimate of drug-likeness (QED) is 0.731. The molecule has 2 aliphatic carbocycles. The highest BCUT2D eigenvalue weighted by atomic mass is 16.1. The average molecular weight is 377 g/mol. The van der Waals surface area contributed by atoms with Crippen LogP contribution in [0.3, 0.4) is 0 Å². The lowest BCUT2D eigenvalue weighted by Crippen LogP contribution is -2.39. The van der Waals surface area contributed by atoms with Gasteiger partial charge < -0.3 is 10.3 Å². The van der Waals surface area contributed by atoms with Crippen molar-refractivity contribution in [2.75, 3.05) is 0 Å². The lowest BCUT2D eigenvalue weighted by atomic mass is 9.91. The van der Waals surface area contributed by atoms with Crippen LogP contribution in [0.15, 0.2) is 41.5 Å². The van der Waals surface area contributed by atoms with Crippen LogP contribution >= 0.6 is 0 Å². The molecule has 2 aromatic heterocycles. The van der Waals surface area contributed by atoms with Crippen LogP contribution in [-0.4, -0.2) is 31.7 Å². The number of imidazole rings is 1. The van der Waals surface area contributed by atoms with Gasteiger partial charge in [0, 0.05) is 23.6 Å². The maximum atomic E-state index is 12.6. The summed E-state index contributed by atoms with van der Waals surface area (Å²) < 4.78 is 1.68. The van der Waals surface area contributed by atoms with Gasteiger partial charge in [0.1, 0.15) is 0 Å². The molecule has 2 saturated carbocycles. The van der Waals surface area contributed by atoms with Crippen LogP contribution in [-0.2, 0) is 0 Å². The van der Waals surface area contributed by atoms with Crippen molar-refractivity contribution in [3.63, 3.8) is 0 Å². The maximum Gasteiger partial charge on any atom is 0.267 e. The van der Waals surface area contributed by atoms with Crippen LogP contribution in [0.1, 0.15) is 66.5 Å². The van der Waals surface area contributed by atoms with Gasteiger partial charge in [0.05, 0.1) is 29.1 Å². The van der Waals surface area contributed by atoms with E-state index in [1.54, 1.807) is 23.1 Å². The minimum Gasteiger partial charge on any atom is -0.349 e. The number of carbonyl (C=O) groups excluding carboxylic acids is 1. The molecule has 0 aliphatic heterocycles. The Morgan fingerprint density at radius 2 is 1.89 bits per heavy atom. The van der Waals surface area contributed by atoms with Crippen LogP contribution in [0.2, 0.25) is 0 Å². The van der Waals surface area contributed by atoms with Crippen molar-refractivity contribution < 1.29 is 4.79 Å². The Labute approximate surface area is 162 Å². The Balaban J connectivity index is 1.23. The number of H-pyrrole nitrogens is 1. The fourth-order valence-corrected chi connectivity index (χ4v) is 4.11. The standard InChI is InChI=1S/C21H23N5O2/c27-20-10-9-17(13-1-2-13)25-26(20)16-6-4-15(5-7-16)24-21(28)14-3-8-18-19(11-14)23-12-22-18/h3,8-13,15-16H,1-2,4-7H2,(H,22,23)(H,24,28). The van der Waals surface area contributed by atoms with Gasteiger partial charge in [-0.15, -0.1) is 0 Å². The fourth-order valence-electron chi connectivity index (χ4n) is 4.11. The summed E-state index contributed by atoms with van der Waals surface area (Å²) in [5, 5.41) is 7.76. The van der Waals surface area contributed by atoms with Gasteiger partial charge in [0.15, 0.2) is 0 Å². The zero-order valence-corrected chi connectivity index (χ0v) is 15.6. The van der Waals surface area contributed by atoms with Gasteiger partial charge in [0.25, 0.3) is 11.5 Å². The van der Waals surface area contributed by atoms with E-state index in [-0.39, 0.29) is 23.6 Å². The Morgan fingerprint density at radius 3 is 2.68 bits per heavy atom. The summed E-state index contributed by atoms with van der Waals surface area (Å²) >= 11 is 0. The monoisotopic (exact) mass is 377 g/mol. The molecule has 0 saturated heterocycles. The highest BCUT2D eigenvalue weighted by molar-refractivity contribution is 5.97. The number of carbonyl (C=O) groups is 1. The number of amides is 1. The number of nitrogens with one attached hydrogen (secondary N) is 2. The van der Waals surface area contributed by atoms with E-state index < -0.39 is 0 Å². The normalized spacial score (nSPS) is 22.3. The third-order valence-corrected chi connectivity index (χ3v) is 5.90. The smallest absolute Gasteiger partial charge is 0.267 e. The Bertz CT molecular complexity index is 1070. The number of hydrogen-bond acceptors (Lipinski definition) is 4. The van der Waals surface area contributed by atoms with Crippen LogP contribution in [0.25, 0.3) is 11.0 Å². The molecule has 0 atom stereocenters. The average Bonchev–Trinajstić information content (AvgIpc) is 3.46. The summed E-state index contributed by atoms with van der Waals surface area (Å²) in [5.41, 5.74) is 3.36. The Morgan fingerprint density at radius 1 is 1.07 bits per heavy atom. The van der Waals surface area contributed by atoms with Gasteiger partial charge in [-0.05, 0) is 62.8 Å². The van der Waals surface area contributed by atoms with Crippen LogP contribution in [0.4, 0.5) is 0 Å². The number of nitrogens with zero attached hydrogens (tertiary/aromatic N) is 3. The first-order chi connectivity index (χ1) is 13.7. The lowest BCUT2D eigenvalue weighted by Gasteiger charge is -2.29. The zero-order valence-electron chi connectivity index (χ0n) is 15.6. The molecule has 144 valence electrons. The highest BCUT2D eigenvalue weighted by Crippen LogP contribution is 2.38. The molecule has 2 N–H and O–H groups in total. The minimum atomic E-state index is -0.0639. The van der Waals surface area contributed by atoms with Gasteiger partial charge in [-0.1, -0.05) is 0 Å². The van der Waals surface area contributed by atoms with Crippen molar-refractivity contribution in [2.45, 2.75) is 56.5 Å². The molecule has 7 heteroatoms. The summed E-state index contributed by atoms with van der Waals surface area (Å²) in [4.78, 5) is 32.1. The molecule has 28 heavy (non-hydrogen) atoms. The van der Waals surface area contributed by atoms with Crippen LogP contribution in [0.5, 0.6) is 0 Å². The summed E-state index contributed by atoms with van der Waals surface area (Å²) in [5.74, 6) is 0.473. The van der Waals surface area contributed by atoms with E-state index >= 15 is 0 Å². The van der Waals surface area contributed by atoms with Crippen molar-refractivity contribution in [3.05, 3.63) is 58.3 Å². The second kappa shape index (κ2) is 6.89. The molecule has 7 nitrogen and oxygen atoms in total. The van der Waals surface area contributed by atoms with E-state index in [0.717, 1.165) is 42.4 Å². The third kappa shape index (κ3) is 3.32. The summed E-state index contributed by atoms with van der Waals surface area (Å²) in [7, 11) is 0. The van der Waals surface area contributed by atoms with Crippen molar-refractivity contribution in [2.24, 2.45) is 0 Å². The molecule has 2 aliphatic rings. The molecule has 0 bridgehead atoms. The first kappa shape index (κ1) is 17.2. The highest BCUT2D eigenvalue weighted by Gasteiger charge is 2.28. The zero-order chi connectivity index (χ0) is 19.1. The topological polar surface area (TPSA) is 92.7 Å². The largest absolute Gasteiger partial charge is 0.349 e. The molecule has 0 unspecified atom stereocenters. The molecular weight excluding hydrogens is 354 g/mol. The van der Waals surface area contributed by atoms with Gasteiger partial charge in [-0.3, -0.25) is 9.59 Å². The molecule has 2 heterocycles. The molecule has 0 radical (unpaired) electrons.